The summed E-state index contributed by atoms with van der Waals surface area (Å²) in [5, 5.41) is 13.3. The molecule has 5 nitrogen and oxygen atoms in total. The first-order chi connectivity index (χ1) is 16.6. The number of ether oxygens (including phenoxy) is 1. The number of hydrogen-bond donors (Lipinski definition) is 0. The van der Waals surface area contributed by atoms with Crippen LogP contribution in [0.5, 0.6) is 5.75 Å². The molecule has 6 heteroatoms. The Balaban J connectivity index is 1.51. The molecule has 2 aromatic rings. The molecular formula is C29H36ClN2O3-. The van der Waals surface area contributed by atoms with Crippen molar-refractivity contribution in [2.75, 3.05) is 19.6 Å². The van der Waals surface area contributed by atoms with E-state index in [0.29, 0.717) is 10.9 Å². The zero-order valence-corrected chi connectivity index (χ0v) is 22.0. The molecule has 35 heavy (non-hydrogen) atoms. The number of piperidine rings is 3. The fourth-order valence-electron chi connectivity index (χ4n) is 6.55. The number of amides is 1. The van der Waals surface area contributed by atoms with Crippen molar-refractivity contribution in [3.8, 4) is 16.9 Å². The van der Waals surface area contributed by atoms with Crippen LogP contribution in [0.3, 0.4) is 0 Å². The zero-order chi connectivity index (χ0) is 24.9. The van der Waals surface area contributed by atoms with Crippen molar-refractivity contribution in [2.24, 2.45) is 11.3 Å². The van der Waals surface area contributed by atoms with Gasteiger partial charge in [0.25, 0.3) is 0 Å². The first kappa shape index (κ1) is 24.5. The van der Waals surface area contributed by atoms with E-state index in [1.807, 2.05) is 32.0 Å². The minimum absolute atomic E-state index is 0.000322. The highest BCUT2D eigenvalue weighted by Crippen LogP contribution is 2.50. The van der Waals surface area contributed by atoms with Crippen molar-refractivity contribution < 1.29 is 14.6 Å². The highest BCUT2D eigenvalue weighted by molar-refractivity contribution is 6.33. The summed E-state index contributed by atoms with van der Waals surface area (Å²) in [5.74, 6) is 1.18. The number of benzene rings is 2. The maximum absolute atomic E-state index is 12.7. The molecule has 0 N–H and O–H groups in total. The molecule has 2 bridgehead atoms. The fraction of sp³-hybridized carbons (Fsp3) is 0.552. The lowest BCUT2D eigenvalue weighted by Crippen LogP contribution is -2.63. The van der Waals surface area contributed by atoms with Crippen LogP contribution in [-0.2, 0) is 6.42 Å². The minimum Gasteiger partial charge on any atom is -0.530 e. The van der Waals surface area contributed by atoms with Gasteiger partial charge in [0.2, 0.25) is 0 Å². The number of hydrogen-bond acceptors (Lipinski definition) is 4. The highest BCUT2D eigenvalue weighted by atomic mass is 35.5. The van der Waals surface area contributed by atoms with Crippen molar-refractivity contribution >= 4 is 17.7 Å². The van der Waals surface area contributed by atoms with Crippen molar-refractivity contribution in [2.45, 2.75) is 71.6 Å². The summed E-state index contributed by atoms with van der Waals surface area (Å²) < 4.78 is 5.79. The Morgan fingerprint density at radius 1 is 1.17 bits per heavy atom. The lowest BCUT2D eigenvalue weighted by atomic mass is 9.68. The third-order valence-corrected chi connectivity index (χ3v) is 8.62. The summed E-state index contributed by atoms with van der Waals surface area (Å²) in [4.78, 5) is 16.8. The van der Waals surface area contributed by atoms with Gasteiger partial charge < -0.3 is 24.4 Å². The number of halogens is 1. The van der Waals surface area contributed by atoms with Gasteiger partial charge in [0, 0.05) is 18.2 Å². The lowest BCUT2D eigenvalue weighted by molar-refractivity contribution is -0.277. The third-order valence-electron chi connectivity index (χ3n) is 8.31. The van der Waals surface area contributed by atoms with Crippen LogP contribution in [0.2, 0.25) is 5.02 Å². The molecule has 0 aromatic heterocycles. The van der Waals surface area contributed by atoms with Crippen LogP contribution < -0.4 is 9.84 Å². The molecule has 1 amide bonds. The molecule has 0 saturated carbocycles. The van der Waals surface area contributed by atoms with Gasteiger partial charge in [0.15, 0.2) is 0 Å². The lowest BCUT2D eigenvalue weighted by Gasteiger charge is -2.56. The van der Waals surface area contributed by atoms with Gasteiger partial charge in [-0.1, -0.05) is 43.6 Å². The first-order valence-electron chi connectivity index (χ1n) is 12.9. The Morgan fingerprint density at radius 2 is 1.91 bits per heavy atom. The second-order valence-corrected chi connectivity index (χ2v) is 11.9. The van der Waals surface area contributed by atoms with Gasteiger partial charge in [0.1, 0.15) is 11.8 Å². The molecular weight excluding hydrogens is 460 g/mol. The Hall–Kier alpha value is -2.24. The predicted octanol–water partition coefficient (Wildman–Crippen LogP) is 5.55. The Labute approximate surface area is 214 Å². The molecule has 1 aliphatic carbocycles. The summed E-state index contributed by atoms with van der Waals surface area (Å²) >= 11 is 6.66. The molecule has 4 aliphatic rings. The van der Waals surface area contributed by atoms with E-state index in [1.54, 1.807) is 4.90 Å². The Bertz CT molecular complexity index is 1110. The van der Waals surface area contributed by atoms with E-state index in [-0.39, 0.29) is 23.6 Å². The van der Waals surface area contributed by atoms with Gasteiger partial charge in [-0.2, -0.15) is 0 Å². The van der Waals surface area contributed by atoms with E-state index >= 15 is 0 Å². The highest BCUT2D eigenvalue weighted by Gasteiger charge is 2.46. The molecule has 3 aliphatic heterocycles. The Kier molecular flexibility index (Phi) is 6.52. The zero-order valence-electron chi connectivity index (χ0n) is 21.2. The van der Waals surface area contributed by atoms with Crippen LogP contribution in [-0.4, -0.2) is 47.7 Å². The van der Waals surface area contributed by atoms with Gasteiger partial charge in [-0.15, -0.1) is 0 Å². The summed E-state index contributed by atoms with van der Waals surface area (Å²) in [6, 6.07) is 12.0. The maximum Gasteiger partial charge on any atom is 0.137 e. The average Bonchev–Trinajstić information content (AvgIpc) is 2.81. The van der Waals surface area contributed by atoms with Gasteiger partial charge in [-0.05, 0) is 98.8 Å². The van der Waals surface area contributed by atoms with Crippen LogP contribution in [0.15, 0.2) is 36.4 Å². The van der Waals surface area contributed by atoms with Crippen molar-refractivity contribution in [1.29, 1.82) is 0 Å². The molecule has 0 radical (unpaired) electrons. The number of carbonyl (C=O) groups is 1. The van der Waals surface area contributed by atoms with Crippen LogP contribution in [0.25, 0.3) is 11.1 Å². The molecule has 3 saturated heterocycles. The smallest absolute Gasteiger partial charge is 0.137 e. The van der Waals surface area contributed by atoms with Crippen LogP contribution in [0.4, 0.5) is 4.79 Å². The van der Waals surface area contributed by atoms with E-state index in [4.69, 9.17) is 16.3 Å². The second kappa shape index (κ2) is 9.33. The summed E-state index contributed by atoms with van der Waals surface area (Å²) in [7, 11) is 0. The summed E-state index contributed by atoms with van der Waals surface area (Å²) in [6.07, 6.45) is 3.03. The standard InChI is InChI=1S/C29H37ClN2O3/c1-18(2)35-22-6-8-23(25(30)16-22)20-5-7-24-21(15-20)9-12-29(3,4)27(24)32(28(33)34)26-17-31-13-10-19(26)11-14-31/h5-8,15-16,18-19,26-27H,9-14,17H2,1-4H3,(H,33,34)/p-1/t26-,27+/m1/s1. The second-order valence-electron chi connectivity index (χ2n) is 11.5. The van der Waals surface area contributed by atoms with Gasteiger partial charge >= 0.3 is 0 Å². The molecule has 188 valence electrons. The SMILES string of the molecule is CC(C)Oc1ccc(-c2ccc3c(c2)CCC(C)(C)[C@H]3N(C(=O)[O-])[C@@H]2CN3CCC2CC3)c(Cl)c1. The quantitative estimate of drug-likeness (QED) is 0.546. The molecule has 0 spiro atoms. The van der Waals surface area contributed by atoms with Crippen molar-refractivity contribution in [3.05, 3.63) is 52.5 Å². The summed E-state index contributed by atoms with van der Waals surface area (Å²) in [5.41, 5.74) is 4.15. The molecule has 6 rings (SSSR count). The number of fused-ring (bicyclic) bond motifs is 4. The number of aryl methyl sites for hydroxylation is 1. The van der Waals surface area contributed by atoms with Crippen LogP contribution in [0, 0.1) is 11.3 Å². The van der Waals surface area contributed by atoms with Crippen LogP contribution in [0.1, 0.15) is 64.1 Å². The molecule has 2 atom stereocenters. The Morgan fingerprint density at radius 3 is 2.51 bits per heavy atom. The normalized spacial score (nSPS) is 26.9. The van der Waals surface area contributed by atoms with Gasteiger partial charge in [-0.3, -0.25) is 0 Å². The monoisotopic (exact) mass is 495 g/mol. The fourth-order valence-corrected chi connectivity index (χ4v) is 6.83. The van der Waals surface area contributed by atoms with E-state index < -0.39 is 6.09 Å². The largest absolute Gasteiger partial charge is 0.530 e. The molecule has 3 heterocycles. The first-order valence-corrected chi connectivity index (χ1v) is 13.3. The van der Waals surface area contributed by atoms with Crippen molar-refractivity contribution in [1.82, 2.24) is 9.80 Å². The molecule has 2 aromatic carbocycles. The number of nitrogens with zero attached hydrogens (tertiary/aromatic N) is 2. The molecule has 0 unspecified atom stereocenters. The number of rotatable bonds is 5. The van der Waals surface area contributed by atoms with E-state index in [0.717, 1.165) is 67.8 Å². The van der Waals surface area contributed by atoms with E-state index in [9.17, 15) is 9.90 Å². The van der Waals surface area contributed by atoms with E-state index in [1.165, 1.54) is 5.56 Å². The third kappa shape index (κ3) is 4.65. The number of carboxylic acid groups (broad SMARTS) is 1. The topological polar surface area (TPSA) is 55.8 Å². The maximum atomic E-state index is 12.7. The van der Waals surface area contributed by atoms with Crippen LogP contribution >= 0.6 is 11.6 Å². The predicted molar refractivity (Wildman–Crippen MR) is 138 cm³/mol. The van der Waals surface area contributed by atoms with Gasteiger partial charge in [-0.25, -0.2) is 0 Å². The minimum atomic E-state index is -1.04. The van der Waals surface area contributed by atoms with Gasteiger partial charge in [0.05, 0.1) is 17.2 Å². The average molecular weight is 496 g/mol. The summed E-state index contributed by atoms with van der Waals surface area (Å²) in [6.45, 7) is 11.4. The molecule has 3 fully saturated rings. The number of carbonyl (C=O) groups excluding carboxylic acids is 1. The van der Waals surface area contributed by atoms with E-state index in [2.05, 4.69) is 36.9 Å². The van der Waals surface area contributed by atoms with Crippen molar-refractivity contribution in [3.63, 3.8) is 0 Å².